The number of hydrogen-bond acceptors (Lipinski definition) is 7. The van der Waals surface area contributed by atoms with Crippen molar-refractivity contribution in [2.45, 2.75) is 6.54 Å². The van der Waals surface area contributed by atoms with Crippen molar-refractivity contribution < 1.29 is 18.7 Å². The van der Waals surface area contributed by atoms with Crippen LogP contribution in [0.25, 0.3) is 22.1 Å². The zero-order valence-electron chi connectivity index (χ0n) is 19.4. The first-order chi connectivity index (χ1) is 17.6. The Hall–Kier alpha value is -4.92. The van der Waals surface area contributed by atoms with Crippen LogP contribution in [-0.4, -0.2) is 34.4 Å². The molecule has 0 bridgehead atoms. The van der Waals surface area contributed by atoms with Gasteiger partial charge in [0.05, 0.1) is 24.6 Å². The molecule has 2 heterocycles. The van der Waals surface area contributed by atoms with E-state index in [0.29, 0.717) is 40.3 Å². The molecule has 0 saturated heterocycles. The van der Waals surface area contributed by atoms with Gasteiger partial charge in [-0.3, -0.25) is 9.59 Å². The predicted molar refractivity (Wildman–Crippen MR) is 134 cm³/mol. The smallest absolute Gasteiger partial charge is 0.262 e. The summed E-state index contributed by atoms with van der Waals surface area (Å²) < 4.78 is 18.2. The van der Waals surface area contributed by atoms with Crippen molar-refractivity contribution in [3.05, 3.63) is 101 Å². The van der Waals surface area contributed by atoms with Crippen molar-refractivity contribution >= 4 is 22.6 Å². The number of amides is 1. The van der Waals surface area contributed by atoms with Crippen LogP contribution in [0.5, 0.6) is 11.5 Å². The summed E-state index contributed by atoms with van der Waals surface area (Å²) in [4.78, 5) is 29.2. The van der Waals surface area contributed by atoms with Gasteiger partial charge in [0, 0.05) is 11.8 Å². The number of nitrogens with one attached hydrogen (secondary N) is 1. The normalized spacial score (nSPS) is 10.8. The third-order valence-corrected chi connectivity index (χ3v) is 5.57. The van der Waals surface area contributed by atoms with E-state index >= 15 is 0 Å². The molecule has 0 radical (unpaired) electrons. The van der Waals surface area contributed by atoms with Gasteiger partial charge in [-0.25, -0.2) is 9.67 Å². The molecule has 3 aromatic carbocycles. The molecule has 0 unspecified atom stereocenters. The van der Waals surface area contributed by atoms with Gasteiger partial charge in [0.1, 0.15) is 36.0 Å². The average molecular weight is 482 g/mol. The van der Waals surface area contributed by atoms with E-state index in [9.17, 15) is 9.59 Å². The first-order valence-corrected chi connectivity index (χ1v) is 11.1. The van der Waals surface area contributed by atoms with E-state index in [-0.39, 0.29) is 17.9 Å². The molecule has 5 rings (SSSR count). The summed E-state index contributed by atoms with van der Waals surface area (Å²) in [6.07, 6.45) is 4.55. The molecular weight excluding hydrogens is 460 g/mol. The molecule has 9 nitrogen and oxygen atoms in total. The van der Waals surface area contributed by atoms with E-state index < -0.39 is 0 Å². The fraction of sp³-hybridized carbons (Fsp3) is 0.111. The SMILES string of the molecule is COc1ccc(-c2coc3cc(OCC(=O)Nc4ccc(Cn5cncn5)cc4)ccc3c2=O)cc1. The molecule has 0 atom stereocenters. The zero-order chi connectivity index (χ0) is 24.9. The standard InChI is InChI=1S/C27H22N4O5/c1-34-21-8-4-19(5-9-21)24-14-36-25-12-22(10-11-23(25)27(24)33)35-15-26(32)30-20-6-2-18(3-7-20)13-31-17-28-16-29-31/h2-12,14,16-17H,13,15H2,1H3,(H,30,32). The van der Waals surface area contributed by atoms with Crippen LogP contribution >= 0.6 is 0 Å². The summed E-state index contributed by atoms with van der Waals surface area (Å²) in [6.45, 7) is 0.400. The highest BCUT2D eigenvalue weighted by molar-refractivity contribution is 5.92. The van der Waals surface area contributed by atoms with Crippen LogP contribution in [-0.2, 0) is 11.3 Å². The first kappa shape index (κ1) is 22.9. The lowest BCUT2D eigenvalue weighted by molar-refractivity contribution is -0.118. The van der Waals surface area contributed by atoms with Gasteiger partial charge >= 0.3 is 0 Å². The first-order valence-electron chi connectivity index (χ1n) is 11.1. The lowest BCUT2D eigenvalue weighted by Crippen LogP contribution is -2.20. The fourth-order valence-corrected chi connectivity index (χ4v) is 3.71. The van der Waals surface area contributed by atoms with Crippen molar-refractivity contribution in [3.8, 4) is 22.6 Å². The third-order valence-electron chi connectivity index (χ3n) is 5.57. The van der Waals surface area contributed by atoms with Crippen molar-refractivity contribution in [2.24, 2.45) is 0 Å². The highest BCUT2D eigenvalue weighted by atomic mass is 16.5. The Morgan fingerprint density at radius 1 is 1.03 bits per heavy atom. The molecule has 0 fully saturated rings. The Balaban J connectivity index is 1.21. The number of carbonyl (C=O) groups excluding carboxylic acids is 1. The van der Waals surface area contributed by atoms with Gasteiger partial charge in [0.25, 0.3) is 5.91 Å². The largest absolute Gasteiger partial charge is 0.497 e. The maximum absolute atomic E-state index is 13.0. The van der Waals surface area contributed by atoms with Crippen LogP contribution in [0.1, 0.15) is 5.56 Å². The van der Waals surface area contributed by atoms with E-state index in [1.54, 1.807) is 60.6 Å². The second-order valence-electron chi connectivity index (χ2n) is 7.99. The molecule has 2 aromatic heterocycles. The summed E-state index contributed by atoms with van der Waals surface area (Å²) >= 11 is 0. The van der Waals surface area contributed by atoms with Crippen LogP contribution in [0, 0.1) is 0 Å². The number of rotatable bonds is 8. The Morgan fingerprint density at radius 2 is 1.81 bits per heavy atom. The summed E-state index contributed by atoms with van der Waals surface area (Å²) in [5.74, 6) is 0.812. The molecule has 1 N–H and O–H groups in total. The topological polar surface area (TPSA) is 108 Å². The van der Waals surface area contributed by atoms with Crippen molar-refractivity contribution in [2.75, 3.05) is 19.0 Å². The molecule has 5 aromatic rings. The minimum Gasteiger partial charge on any atom is -0.497 e. The van der Waals surface area contributed by atoms with Crippen LogP contribution < -0.4 is 20.2 Å². The molecule has 36 heavy (non-hydrogen) atoms. The number of carbonyl (C=O) groups is 1. The monoisotopic (exact) mass is 482 g/mol. The number of nitrogens with zero attached hydrogens (tertiary/aromatic N) is 3. The average Bonchev–Trinajstić information content (AvgIpc) is 3.42. The minimum absolute atomic E-state index is 0.155. The molecule has 0 aliphatic rings. The molecular formula is C27H22N4O5. The van der Waals surface area contributed by atoms with E-state index in [4.69, 9.17) is 13.9 Å². The Bertz CT molecular complexity index is 1540. The zero-order valence-corrected chi connectivity index (χ0v) is 19.4. The lowest BCUT2D eigenvalue weighted by Gasteiger charge is -2.09. The third kappa shape index (κ3) is 5.10. The van der Waals surface area contributed by atoms with E-state index in [1.807, 2.05) is 24.3 Å². The maximum atomic E-state index is 13.0. The molecule has 0 saturated carbocycles. The number of anilines is 1. The molecule has 1 amide bonds. The second kappa shape index (κ2) is 10.1. The van der Waals surface area contributed by atoms with Gasteiger partial charge in [-0.15, -0.1) is 0 Å². The van der Waals surface area contributed by atoms with Crippen LogP contribution in [0.4, 0.5) is 5.69 Å². The number of ether oxygens (including phenoxy) is 2. The van der Waals surface area contributed by atoms with Gasteiger partial charge in [-0.05, 0) is 47.5 Å². The Labute approximate surface area is 205 Å². The molecule has 9 heteroatoms. The summed E-state index contributed by atoms with van der Waals surface area (Å²) in [5.41, 5.74) is 3.08. The van der Waals surface area contributed by atoms with Gasteiger partial charge in [-0.1, -0.05) is 24.3 Å². The molecule has 0 spiro atoms. The molecule has 180 valence electrons. The molecule has 0 aliphatic heterocycles. The summed E-state index contributed by atoms with van der Waals surface area (Å²) in [6, 6.07) is 19.5. The quantitative estimate of drug-likeness (QED) is 0.354. The van der Waals surface area contributed by atoms with Crippen molar-refractivity contribution in [1.29, 1.82) is 0 Å². The Morgan fingerprint density at radius 3 is 2.53 bits per heavy atom. The number of benzene rings is 3. The highest BCUT2D eigenvalue weighted by Gasteiger charge is 2.11. The predicted octanol–water partition coefficient (Wildman–Crippen LogP) is 4.13. The maximum Gasteiger partial charge on any atom is 0.262 e. The summed E-state index contributed by atoms with van der Waals surface area (Å²) in [7, 11) is 1.59. The van der Waals surface area contributed by atoms with E-state index in [2.05, 4.69) is 15.4 Å². The molecule has 0 aliphatic carbocycles. The minimum atomic E-state index is -0.310. The van der Waals surface area contributed by atoms with Gasteiger partial charge < -0.3 is 19.2 Å². The van der Waals surface area contributed by atoms with Crippen LogP contribution in [0.15, 0.2) is 94.9 Å². The van der Waals surface area contributed by atoms with Gasteiger partial charge in [0.15, 0.2) is 12.0 Å². The number of fused-ring (bicyclic) bond motifs is 1. The van der Waals surface area contributed by atoms with Crippen LogP contribution in [0.3, 0.4) is 0 Å². The fourth-order valence-electron chi connectivity index (χ4n) is 3.71. The highest BCUT2D eigenvalue weighted by Crippen LogP contribution is 2.24. The van der Waals surface area contributed by atoms with Crippen molar-refractivity contribution in [1.82, 2.24) is 14.8 Å². The van der Waals surface area contributed by atoms with Gasteiger partial charge in [0.2, 0.25) is 0 Å². The number of methoxy groups -OCH3 is 1. The second-order valence-corrected chi connectivity index (χ2v) is 7.99. The van der Waals surface area contributed by atoms with Gasteiger partial charge in [-0.2, -0.15) is 5.10 Å². The van der Waals surface area contributed by atoms with Crippen LogP contribution in [0.2, 0.25) is 0 Å². The summed E-state index contributed by atoms with van der Waals surface area (Å²) in [5, 5.41) is 7.29. The van der Waals surface area contributed by atoms with E-state index in [1.165, 1.54) is 12.6 Å². The Kier molecular flexibility index (Phi) is 6.44. The number of aromatic nitrogens is 3. The van der Waals surface area contributed by atoms with Crippen molar-refractivity contribution in [3.63, 3.8) is 0 Å². The van der Waals surface area contributed by atoms with E-state index in [0.717, 1.165) is 11.1 Å². The number of hydrogen-bond donors (Lipinski definition) is 1. The lowest BCUT2D eigenvalue weighted by atomic mass is 10.1.